The van der Waals surface area contributed by atoms with Crippen molar-refractivity contribution in [3.63, 3.8) is 0 Å². The molecule has 2 aromatic carbocycles. The Labute approximate surface area is 287 Å². The molecule has 13 heteroatoms. The van der Waals surface area contributed by atoms with Crippen molar-refractivity contribution in [1.29, 1.82) is 0 Å². The summed E-state index contributed by atoms with van der Waals surface area (Å²) in [7, 11) is -5.41. The molecule has 1 saturated heterocycles. The van der Waals surface area contributed by atoms with Crippen molar-refractivity contribution in [2.24, 2.45) is 0 Å². The number of aromatic nitrogens is 4. The van der Waals surface area contributed by atoms with Crippen LogP contribution in [0.2, 0.25) is 25.7 Å². The van der Waals surface area contributed by atoms with E-state index in [-0.39, 0.29) is 23.1 Å². The average Bonchev–Trinajstić information content (AvgIpc) is 3.72. The van der Waals surface area contributed by atoms with Gasteiger partial charge in [-0.05, 0) is 55.3 Å². The third kappa shape index (κ3) is 7.07. The fraction of sp³-hybridized carbons (Fsp3) is 0.361. The van der Waals surface area contributed by atoms with E-state index in [1.165, 1.54) is 10.8 Å². The van der Waals surface area contributed by atoms with Gasteiger partial charge in [0.25, 0.3) is 21.5 Å². The van der Waals surface area contributed by atoms with Gasteiger partial charge in [0, 0.05) is 57.7 Å². The van der Waals surface area contributed by atoms with Gasteiger partial charge in [0.05, 0.1) is 35.5 Å². The number of amides is 1. The number of benzene rings is 2. The lowest BCUT2D eigenvalue weighted by Gasteiger charge is -2.27. The molecule has 5 aromatic rings. The van der Waals surface area contributed by atoms with Crippen LogP contribution in [0.1, 0.15) is 22.3 Å². The fourth-order valence-corrected chi connectivity index (χ4v) is 8.08. The number of imidazole rings is 1. The van der Waals surface area contributed by atoms with E-state index in [9.17, 15) is 18.0 Å². The Morgan fingerprint density at radius 3 is 2.51 bits per heavy atom. The molecule has 1 aliphatic heterocycles. The smallest absolute Gasteiger partial charge is 0.276 e. The number of rotatable bonds is 12. The quantitative estimate of drug-likeness (QED) is 0.0927. The second-order valence-corrected chi connectivity index (χ2v) is 21.1. The molecule has 6 rings (SSSR count). The number of carbonyl (C=O) groups excluding carboxylic acids is 1. The second kappa shape index (κ2) is 13.9. The van der Waals surface area contributed by atoms with Crippen molar-refractivity contribution < 1.29 is 22.7 Å². The van der Waals surface area contributed by atoms with Gasteiger partial charge in [0.2, 0.25) is 0 Å². The van der Waals surface area contributed by atoms with Crippen molar-refractivity contribution in [1.82, 2.24) is 23.0 Å². The van der Waals surface area contributed by atoms with Crippen LogP contribution in [0.4, 0.5) is 0 Å². The Morgan fingerprint density at radius 1 is 1.08 bits per heavy atom. The summed E-state index contributed by atoms with van der Waals surface area (Å²) in [6.07, 6.45) is 7.07. The second-order valence-electron chi connectivity index (χ2n) is 13.7. The van der Waals surface area contributed by atoms with Crippen LogP contribution in [0.25, 0.3) is 33.1 Å². The van der Waals surface area contributed by atoms with Crippen molar-refractivity contribution >= 4 is 45.9 Å². The molecule has 0 aliphatic carbocycles. The number of pyridine rings is 1. The van der Waals surface area contributed by atoms with Crippen LogP contribution in [0.15, 0.2) is 83.5 Å². The number of hydrogen-bond acceptors (Lipinski definition) is 7. The van der Waals surface area contributed by atoms with E-state index in [0.29, 0.717) is 79.0 Å². The molecule has 0 atom stereocenters. The van der Waals surface area contributed by atoms with Crippen molar-refractivity contribution in [2.45, 2.75) is 57.2 Å². The monoisotopic (exact) mass is 701 g/mol. The number of carbonyl (C=O) groups is 1. The normalized spacial score (nSPS) is 14.2. The molecule has 0 spiro atoms. The predicted octanol–water partition coefficient (Wildman–Crippen LogP) is 5.73. The highest BCUT2D eigenvalue weighted by Gasteiger charge is 2.27. The molecular formula is C36H43N5O6SSi. The van der Waals surface area contributed by atoms with Crippen LogP contribution in [-0.2, 0) is 32.8 Å². The standard InChI is InChI=1S/C36H43N5O6SSi/c1-6-7-13-39-23-31(29-12-14-41(34(29)36(39)43)48(44,45)28-10-8-26(2)9-11-28)27-21-30(35(42)38-15-17-46-18-16-38)33-32(22-27)40(24-37-33)25-47-19-20-49(3,4)5/h6,8-12,14,21-24H,1,7,13,15-20,25H2,2-5H3. The Bertz CT molecular complexity index is 2190. The van der Waals surface area contributed by atoms with E-state index in [4.69, 9.17) is 9.47 Å². The van der Waals surface area contributed by atoms with E-state index >= 15 is 0 Å². The molecule has 1 aliphatic rings. The first-order chi connectivity index (χ1) is 23.4. The van der Waals surface area contributed by atoms with Crippen LogP contribution in [0.3, 0.4) is 0 Å². The van der Waals surface area contributed by atoms with Crippen molar-refractivity contribution in [2.75, 3.05) is 32.9 Å². The Kier molecular flexibility index (Phi) is 9.80. The summed E-state index contributed by atoms with van der Waals surface area (Å²) in [6, 6.07) is 12.9. The highest BCUT2D eigenvalue weighted by molar-refractivity contribution is 7.90. The van der Waals surface area contributed by atoms with Gasteiger partial charge in [-0.3, -0.25) is 9.59 Å². The van der Waals surface area contributed by atoms with E-state index < -0.39 is 23.7 Å². The maximum Gasteiger partial charge on any atom is 0.276 e. The van der Waals surface area contributed by atoms with Gasteiger partial charge in [-0.25, -0.2) is 17.4 Å². The number of hydrogen-bond donors (Lipinski definition) is 0. The van der Waals surface area contributed by atoms with Gasteiger partial charge in [-0.2, -0.15) is 0 Å². The van der Waals surface area contributed by atoms with Gasteiger partial charge in [-0.1, -0.05) is 43.4 Å². The Hall–Kier alpha value is -4.30. The maximum absolute atomic E-state index is 14.1. The number of fused-ring (bicyclic) bond motifs is 2. The zero-order valence-corrected chi connectivity index (χ0v) is 30.3. The number of morpholine rings is 1. The average molecular weight is 702 g/mol. The summed E-state index contributed by atoms with van der Waals surface area (Å²) in [5.74, 6) is -0.171. The van der Waals surface area contributed by atoms with E-state index in [1.54, 1.807) is 59.9 Å². The van der Waals surface area contributed by atoms with Crippen LogP contribution in [0, 0.1) is 6.92 Å². The van der Waals surface area contributed by atoms with Gasteiger partial charge < -0.3 is 23.5 Å². The predicted molar refractivity (Wildman–Crippen MR) is 194 cm³/mol. The van der Waals surface area contributed by atoms with Gasteiger partial charge in [-0.15, -0.1) is 6.58 Å². The first-order valence-corrected chi connectivity index (χ1v) is 21.7. The lowest BCUT2D eigenvalue weighted by molar-refractivity contribution is 0.0304. The van der Waals surface area contributed by atoms with Crippen molar-refractivity contribution in [3.05, 3.63) is 95.3 Å². The first-order valence-electron chi connectivity index (χ1n) is 16.5. The Morgan fingerprint density at radius 2 is 1.82 bits per heavy atom. The molecule has 4 heterocycles. The summed E-state index contributed by atoms with van der Waals surface area (Å²) >= 11 is 0. The van der Waals surface area contributed by atoms with E-state index in [0.717, 1.165) is 15.6 Å². The number of allylic oxidation sites excluding steroid dienone is 1. The molecule has 1 amide bonds. The van der Waals surface area contributed by atoms with Crippen LogP contribution < -0.4 is 5.56 Å². The Balaban J connectivity index is 1.55. The maximum atomic E-state index is 14.1. The molecular weight excluding hydrogens is 659 g/mol. The van der Waals surface area contributed by atoms with E-state index in [1.807, 2.05) is 17.6 Å². The molecule has 258 valence electrons. The number of nitrogens with zero attached hydrogens (tertiary/aromatic N) is 5. The number of aryl methyl sites for hydroxylation is 2. The third-order valence-corrected chi connectivity index (χ3v) is 12.2. The number of ether oxygens (including phenoxy) is 2. The van der Waals surface area contributed by atoms with Gasteiger partial charge in [0.1, 0.15) is 17.8 Å². The van der Waals surface area contributed by atoms with E-state index in [2.05, 4.69) is 31.2 Å². The lowest BCUT2D eigenvalue weighted by Crippen LogP contribution is -2.40. The molecule has 0 bridgehead atoms. The zero-order valence-electron chi connectivity index (χ0n) is 28.5. The van der Waals surface area contributed by atoms with Crippen LogP contribution in [-0.4, -0.2) is 78.3 Å². The summed E-state index contributed by atoms with van der Waals surface area (Å²) in [6.45, 7) is 15.6. The van der Waals surface area contributed by atoms with Crippen LogP contribution >= 0.6 is 0 Å². The molecule has 3 aromatic heterocycles. The SMILES string of the molecule is C=CCCn1cc(-c2cc(C(=O)N3CCOCC3)c3ncn(COCC[Si](C)(C)C)c3c2)c2ccn(S(=O)(=O)c3ccc(C)cc3)c2c1=O. The minimum Gasteiger partial charge on any atom is -0.378 e. The molecule has 11 nitrogen and oxygen atoms in total. The largest absolute Gasteiger partial charge is 0.378 e. The molecule has 1 fully saturated rings. The topological polar surface area (TPSA) is 118 Å². The highest BCUT2D eigenvalue weighted by Crippen LogP contribution is 2.34. The lowest BCUT2D eigenvalue weighted by atomic mass is 9.99. The fourth-order valence-electron chi connectivity index (χ4n) is 5.97. The molecule has 49 heavy (non-hydrogen) atoms. The molecule has 0 unspecified atom stereocenters. The summed E-state index contributed by atoms with van der Waals surface area (Å²) in [4.78, 5) is 34.6. The van der Waals surface area contributed by atoms with Gasteiger partial charge >= 0.3 is 0 Å². The first kappa shape index (κ1) is 34.6. The summed E-state index contributed by atoms with van der Waals surface area (Å²) < 4.78 is 44.0. The third-order valence-electron chi connectivity index (χ3n) is 8.83. The van der Waals surface area contributed by atoms with Crippen molar-refractivity contribution in [3.8, 4) is 11.1 Å². The molecule has 0 radical (unpaired) electrons. The summed E-state index contributed by atoms with van der Waals surface area (Å²) in [5.41, 5.74) is 3.44. The van der Waals surface area contributed by atoms with Gasteiger partial charge in [0.15, 0.2) is 0 Å². The minimum absolute atomic E-state index is 0.0338. The van der Waals surface area contributed by atoms with Crippen LogP contribution in [0.5, 0.6) is 0 Å². The minimum atomic E-state index is -4.11. The molecule has 0 N–H and O–H groups in total. The summed E-state index contributed by atoms with van der Waals surface area (Å²) in [5, 5.41) is 0.456. The zero-order chi connectivity index (χ0) is 34.9. The highest BCUT2D eigenvalue weighted by atomic mass is 32.2. The molecule has 0 saturated carbocycles.